The van der Waals surface area contributed by atoms with Gasteiger partial charge in [0.2, 0.25) is 11.8 Å². The largest absolute Gasteiger partial charge is 0.475 e. The fraction of sp³-hybridized carbons (Fsp3) is 0.310. The summed E-state index contributed by atoms with van der Waals surface area (Å²) in [6, 6.07) is 20.0. The maximum absolute atomic E-state index is 14.0. The van der Waals surface area contributed by atoms with Gasteiger partial charge in [0.15, 0.2) is 5.58 Å². The number of rotatable bonds is 5. The zero-order chi connectivity index (χ0) is 26.2. The van der Waals surface area contributed by atoms with E-state index in [1.807, 2.05) is 30.3 Å². The van der Waals surface area contributed by atoms with Crippen molar-refractivity contribution >= 4 is 39.2 Å². The average Bonchev–Trinajstić information content (AvgIpc) is 3.61. The van der Waals surface area contributed by atoms with Crippen molar-refractivity contribution in [3.05, 3.63) is 66.2 Å². The lowest BCUT2D eigenvalue weighted by molar-refractivity contribution is -0.134. The number of amides is 2. The van der Waals surface area contributed by atoms with Crippen LogP contribution < -0.4 is 9.64 Å². The Hall–Kier alpha value is -4.26. The number of aromatic nitrogens is 1. The van der Waals surface area contributed by atoms with E-state index in [2.05, 4.69) is 11.2 Å². The van der Waals surface area contributed by atoms with Gasteiger partial charge in [0.05, 0.1) is 52.9 Å². The van der Waals surface area contributed by atoms with E-state index < -0.39 is 35.0 Å². The molecule has 3 aromatic carbocycles. The third kappa shape index (κ3) is 2.90. The molecule has 1 N–H and O–H groups in total. The van der Waals surface area contributed by atoms with Gasteiger partial charge in [-0.2, -0.15) is 5.26 Å². The Morgan fingerprint density at radius 1 is 1.05 bits per heavy atom. The molecular formula is C29H23N3O6. The molecule has 0 aliphatic carbocycles. The second-order valence-corrected chi connectivity index (χ2v) is 10.4. The Labute approximate surface area is 217 Å². The first-order chi connectivity index (χ1) is 18.4. The number of aliphatic hydroxyl groups excluding tert-OH is 1. The molecule has 3 aliphatic heterocycles. The Kier molecular flexibility index (Phi) is 4.74. The van der Waals surface area contributed by atoms with Crippen molar-refractivity contribution in [2.45, 2.75) is 37.1 Å². The van der Waals surface area contributed by atoms with Crippen LogP contribution in [0, 0.1) is 23.2 Å². The summed E-state index contributed by atoms with van der Waals surface area (Å²) in [6.07, 6.45) is -0.414. The van der Waals surface area contributed by atoms with E-state index >= 15 is 0 Å². The van der Waals surface area contributed by atoms with Crippen molar-refractivity contribution in [1.82, 2.24) is 5.16 Å². The Morgan fingerprint density at radius 3 is 2.55 bits per heavy atom. The molecule has 3 unspecified atom stereocenters. The number of fused-ring (bicyclic) bond motifs is 7. The van der Waals surface area contributed by atoms with Crippen LogP contribution in [0.4, 0.5) is 5.69 Å². The maximum atomic E-state index is 14.0. The summed E-state index contributed by atoms with van der Waals surface area (Å²) in [6.45, 7) is 1.87. The minimum absolute atomic E-state index is 0.157. The molecule has 5 atom stereocenters. The van der Waals surface area contributed by atoms with Crippen molar-refractivity contribution in [3.8, 4) is 11.9 Å². The molecular weight excluding hydrogens is 486 g/mol. The number of anilines is 1. The number of hydrogen-bond acceptors (Lipinski definition) is 8. The molecule has 2 bridgehead atoms. The lowest BCUT2D eigenvalue weighted by Crippen LogP contribution is -2.49. The molecule has 38 heavy (non-hydrogen) atoms. The van der Waals surface area contributed by atoms with Crippen LogP contribution >= 0.6 is 0 Å². The lowest BCUT2D eigenvalue weighted by Gasteiger charge is -2.33. The molecule has 4 aromatic rings. The van der Waals surface area contributed by atoms with Crippen LogP contribution in [0.15, 0.2) is 65.2 Å². The van der Waals surface area contributed by atoms with Crippen LogP contribution in [0.2, 0.25) is 0 Å². The van der Waals surface area contributed by atoms with Gasteiger partial charge in [0, 0.05) is 23.6 Å². The molecule has 0 spiro atoms. The Balaban J connectivity index is 1.23. The number of nitrogens with zero attached hydrogens (tertiary/aromatic N) is 3. The van der Waals surface area contributed by atoms with Gasteiger partial charge in [-0.05, 0) is 36.3 Å². The topological polar surface area (TPSA) is 126 Å². The highest BCUT2D eigenvalue weighted by Gasteiger charge is 2.77. The number of benzene rings is 3. The maximum Gasteiger partial charge on any atom is 0.262 e. The van der Waals surface area contributed by atoms with Gasteiger partial charge >= 0.3 is 0 Å². The average molecular weight is 510 g/mol. The molecule has 0 radical (unpaired) electrons. The molecule has 3 aliphatic rings. The second kappa shape index (κ2) is 7.87. The number of imide groups is 1. The molecule has 190 valence electrons. The van der Waals surface area contributed by atoms with Gasteiger partial charge in [-0.3, -0.25) is 9.59 Å². The number of hydrogen-bond donors (Lipinski definition) is 1. The molecule has 3 fully saturated rings. The summed E-state index contributed by atoms with van der Waals surface area (Å²) >= 11 is 0. The first-order valence-corrected chi connectivity index (χ1v) is 12.5. The van der Waals surface area contributed by atoms with E-state index in [-0.39, 0.29) is 25.4 Å². The van der Waals surface area contributed by atoms with E-state index in [9.17, 15) is 20.0 Å². The predicted octanol–water partition coefficient (Wildman–Crippen LogP) is 3.72. The van der Waals surface area contributed by atoms with E-state index in [0.717, 1.165) is 5.39 Å². The van der Waals surface area contributed by atoms with Crippen LogP contribution in [0.1, 0.15) is 25.3 Å². The number of carbonyl (C=O) groups is 2. The molecule has 7 rings (SSSR count). The summed E-state index contributed by atoms with van der Waals surface area (Å²) in [5, 5.41) is 26.6. The fourth-order valence-corrected chi connectivity index (χ4v) is 6.72. The van der Waals surface area contributed by atoms with Gasteiger partial charge < -0.3 is 19.1 Å². The Bertz CT molecular complexity index is 1690. The summed E-state index contributed by atoms with van der Waals surface area (Å²) in [5.74, 6) is -2.03. The van der Waals surface area contributed by atoms with Crippen LogP contribution in [0.5, 0.6) is 5.88 Å². The zero-order valence-corrected chi connectivity index (χ0v) is 20.5. The summed E-state index contributed by atoms with van der Waals surface area (Å²) < 4.78 is 17.6. The minimum atomic E-state index is -1.20. The molecule has 9 heteroatoms. The van der Waals surface area contributed by atoms with E-state index in [1.54, 1.807) is 37.3 Å². The third-order valence-corrected chi connectivity index (χ3v) is 8.49. The number of ether oxygens (including phenoxy) is 2. The van der Waals surface area contributed by atoms with E-state index in [4.69, 9.17) is 14.0 Å². The van der Waals surface area contributed by atoms with Crippen LogP contribution in [0.25, 0.3) is 21.7 Å². The van der Waals surface area contributed by atoms with E-state index in [1.165, 1.54) is 4.90 Å². The first kappa shape index (κ1) is 22.9. The van der Waals surface area contributed by atoms with Crippen molar-refractivity contribution < 1.29 is 28.7 Å². The smallest absolute Gasteiger partial charge is 0.262 e. The van der Waals surface area contributed by atoms with Gasteiger partial charge in [-0.25, -0.2) is 4.90 Å². The minimum Gasteiger partial charge on any atom is -0.475 e. The van der Waals surface area contributed by atoms with Gasteiger partial charge in [0.25, 0.3) is 5.88 Å². The molecule has 9 nitrogen and oxygen atoms in total. The molecule has 4 heterocycles. The summed E-state index contributed by atoms with van der Waals surface area (Å²) in [4.78, 5) is 29.1. The molecule has 3 saturated heterocycles. The van der Waals surface area contributed by atoms with Gasteiger partial charge in [-0.15, -0.1) is 0 Å². The lowest BCUT2D eigenvalue weighted by atomic mass is 9.66. The van der Waals surface area contributed by atoms with Crippen LogP contribution in [-0.2, 0) is 14.3 Å². The predicted molar refractivity (Wildman–Crippen MR) is 135 cm³/mol. The fourth-order valence-electron chi connectivity index (χ4n) is 6.72. The van der Waals surface area contributed by atoms with Crippen molar-refractivity contribution in [1.29, 1.82) is 5.26 Å². The monoisotopic (exact) mass is 509 g/mol. The second-order valence-electron chi connectivity index (χ2n) is 10.4. The SMILES string of the molecule is CC12OC(CCOc3noc4ccccc34)(C[C@H]1O)[C@@H]1C(=O)N(c3ccc(C#N)c4ccccc34)C(=O)C12. The third-order valence-electron chi connectivity index (χ3n) is 8.49. The highest BCUT2D eigenvalue weighted by molar-refractivity contribution is 6.26. The van der Waals surface area contributed by atoms with E-state index in [0.29, 0.717) is 33.5 Å². The summed E-state index contributed by atoms with van der Waals surface area (Å²) in [7, 11) is 0. The number of aliphatic hydroxyl groups is 1. The van der Waals surface area contributed by atoms with Crippen LogP contribution in [-0.4, -0.2) is 46.0 Å². The van der Waals surface area contributed by atoms with Crippen molar-refractivity contribution in [3.63, 3.8) is 0 Å². The highest BCUT2D eigenvalue weighted by Crippen LogP contribution is 2.62. The Morgan fingerprint density at radius 2 is 1.76 bits per heavy atom. The highest BCUT2D eigenvalue weighted by atomic mass is 16.6. The number of nitriles is 1. The molecule has 0 saturated carbocycles. The molecule has 1 aromatic heterocycles. The van der Waals surface area contributed by atoms with Gasteiger partial charge in [-0.1, -0.05) is 36.4 Å². The van der Waals surface area contributed by atoms with Crippen molar-refractivity contribution in [2.24, 2.45) is 11.8 Å². The summed E-state index contributed by atoms with van der Waals surface area (Å²) in [5.41, 5.74) is -0.772. The standard InChI is InChI=1S/C29H23N3O6/c1-28-22(33)14-29(38-28,12-13-36-25-19-8-4-5-9-21(19)37-31-25)24-23(28)26(34)32(27(24)35)20-11-10-16(15-30)17-6-2-3-7-18(17)20/h2-11,22-24,33H,12-14H2,1H3/t22-,23?,24+,28?,29?/m1/s1. The first-order valence-electron chi connectivity index (χ1n) is 12.5. The zero-order valence-electron chi connectivity index (χ0n) is 20.5. The number of carbonyl (C=O) groups excluding carboxylic acids is 2. The number of para-hydroxylation sites is 1. The molecule has 2 amide bonds. The quantitative estimate of drug-likeness (QED) is 0.404. The van der Waals surface area contributed by atoms with Crippen molar-refractivity contribution in [2.75, 3.05) is 11.5 Å². The van der Waals surface area contributed by atoms with Crippen LogP contribution in [0.3, 0.4) is 0 Å². The normalized spacial score (nSPS) is 29.8. The van der Waals surface area contributed by atoms with Gasteiger partial charge in [0.1, 0.15) is 5.60 Å².